The second-order valence-corrected chi connectivity index (χ2v) is 15.5. The highest BCUT2D eigenvalue weighted by Crippen LogP contribution is 2.61. The van der Waals surface area contributed by atoms with E-state index in [2.05, 4.69) is 19.6 Å². The van der Waals surface area contributed by atoms with Crippen molar-refractivity contribution in [2.24, 2.45) is 5.41 Å². The van der Waals surface area contributed by atoms with Gasteiger partial charge < -0.3 is 14.5 Å². The second kappa shape index (κ2) is 12.6. The number of ether oxygens (including phenoxy) is 1. The normalized spacial score (nSPS) is 23.7. The zero-order chi connectivity index (χ0) is 34.6. The molecule has 1 N–H and O–H groups in total. The SMILES string of the molecule is Cc1cccc(C)c1-c1nc2nc(c1C)OC[C@@H](CC1(C(F)(F)F)CC1)N(C1CCC(N(C)C)CC1)C(=O)c1cccc(c1)S(=O)(=O)N2. The molecule has 9 nitrogen and oxygen atoms in total. The molecule has 3 aliphatic rings. The molecule has 1 amide bonds. The van der Waals surface area contributed by atoms with E-state index >= 15 is 0 Å². The van der Waals surface area contributed by atoms with Gasteiger partial charge in [-0.3, -0.25) is 4.79 Å². The first-order valence-electron chi connectivity index (χ1n) is 16.4. The van der Waals surface area contributed by atoms with Crippen LogP contribution in [0.5, 0.6) is 5.88 Å². The van der Waals surface area contributed by atoms with E-state index in [9.17, 15) is 26.4 Å². The van der Waals surface area contributed by atoms with Crippen molar-refractivity contribution in [3.8, 4) is 17.1 Å². The van der Waals surface area contributed by atoms with Gasteiger partial charge in [-0.1, -0.05) is 24.3 Å². The predicted octanol–water partition coefficient (Wildman–Crippen LogP) is 6.68. The van der Waals surface area contributed by atoms with Crippen LogP contribution in [0, 0.1) is 26.2 Å². The molecule has 2 heterocycles. The molecule has 13 heteroatoms. The van der Waals surface area contributed by atoms with Crippen LogP contribution in [0.15, 0.2) is 47.4 Å². The molecule has 0 saturated heterocycles. The number of rotatable bonds is 5. The van der Waals surface area contributed by atoms with Crippen LogP contribution in [0.2, 0.25) is 0 Å². The van der Waals surface area contributed by atoms with Crippen molar-refractivity contribution in [2.45, 2.75) is 94.9 Å². The zero-order valence-corrected chi connectivity index (χ0v) is 28.7. The monoisotopic (exact) mass is 685 g/mol. The summed E-state index contributed by atoms with van der Waals surface area (Å²) in [5.74, 6) is -0.720. The number of aromatic nitrogens is 2. The van der Waals surface area contributed by atoms with E-state index in [4.69, 9.17) is 4.74 Å². The number of amides is 1. The third-order valence-electron chi connectivity index (χ3n) is 10.3. The Balaban J connectivity index is 1.52. The largest absolute Gasteiger partial charge is 0.475 e. The van der Waals surface area contributed by atoms with Gasteiger partial charge in [-0.25, -0.2) is 18.1 Å². The number of hydrogen-bond acceptors (Lipinski definition) is 7. The summed E-state index contributed by atoms with van der Waals surface area (Å²) >= 11 is 0. The van der Waals surface area contributed by atoms with Crippen LogP contribution >= 0.6 is 0 Å². The van der Waals surface area contributed by atoms with E-state index in [-0.39, 0.29) is 60.2 Å². The molecular formula is C35H42F3N5O4S. The van der Waals surface area contributed by atoms with Gasteiger partial charge in [0, 0.05) is 28.8 Å². The van der Waals surface area contributed by atoms with Gasteiger partial charge >= 0.3 is 6.18 Å². The van der Waals surface area contributed by atoms with Gasteiger partial charge in [-0.2, -0.15) is 18.2 Å². The second-order valence-electron chi connectivity index (χ2n) is 13.8. The molecule has 0 radical (unpaired) electrons. The number of carbonyl (C=O) groups is 1. The summed E-state index contributed by atoms with van der Waals surface area (Å²) in [4.78, 5) is 27.1. The molecule has 1 atom stereocenters. The quantitative estimate of drug-likeness (QED) is 0.320. The number of benzene rings is 2. The summed E-state index contributed by atoms with van der Waals surface area (Å²) in [5, 5.41) is 0. The predicted molar refractivity (Wildman–Crippen MR) is 176 cm³/mol. The first-order chi connectivity index (χ1) is 22.6. The number of fused-ring (bicyclic) bond motifs is 4. The minimum Gasteiger partial charge on any atom is -0.475 e. The lowest BCUT2D eigenvalue weighted by Gasteiger charge is -2.43. The van der Waals surface area contributed by atoms with E-state index in [0.29, 0.717) is 24.1 Å². The topological polar surface area (TPSA) is 105 Å². The van der Waals surface area contributed by atoms with Crippen LogP contribution < -0.4 is 9.46 Å². The third-order valence-corrected chi connectivity index (χ3v) is 11.7. The molecule has 2 saturated carbocycles. The molecule has 2 aliphatic carbocycles. The molecule has 2 aromatic carbocycles. The van der Waals surface area contributed by atoms with Crippen LogP contribution in [0.4, 0.5) is 19.1 Å². The number of alkyl halides is 3. The fourth-order valence-electron chi connectivity index (χ4n) is 7.34. The Morgan fingerprint density at radius 3 is 2.25 bits per heavy atom. The number of nitrogens with zero attached hydrogens (tertiary/aromatic N) is 4. The highest BCUT2D eigenvalue weighted by molar-refractivity contribution is 7.92. The molecule has 0 unspecified atom stereocenters. The molecule has 4 bridgehead atoms. The summed E-state index contributed by atoms with van der Waals surface area (Å²) in [6.07, 6.45) is -2.09. The Morgan fingerprint density at radius 1 is 1.00 bits per heavy atom. The van der Waals surface area contributed by atoms with Crippen molar-refractivity contribution in [1.29, 1.82) is 0 Å². The van der Waals surface area contributed by atoms with Crippen molar-refractivity contribution in [3.63, 3.8) is 0 Å². The Bertz CT molecular complexity index is 1800. The molecule has 3 aromatic rings. The van der Waals surface area contributed by atoms with Crippen molar-refractivity contribution >= 4 is 21.9 Å². The summed E-state index contributed by atoms with van der Waals surface area (Å²) in [5.41, 5.74) is 1.67. The fraction of sp³-hybridized carbons (Fsp3) is 0.514. The lowest BCUT2D eigenvalue weighted by Crippen LogP contribution is -2.53. The number of aryl methyl sites for hydroxylation is 2. The molecule has 1 aromatic heterocycles. The van der Waals surface area contributed by atoms with Gasteiger partial charge in [0.25, 0.3) is 15.9 Å². The van der Waals surface area contributed by atoms with Crippen LogP contribution in [0.3, 0.4) is 0 Å². The molecule has 0 spiro atoms. The van der Waals surface area contributed by atoms with E-state index in [1.807, 2.05) is 46.1 Å². The summed E-state index contributed by atoms with van der Waals surface area (Å²) in [7, 11) is -0.286. The number of nitrogens with one attached hydrogen (secondary N) is 1. The Morgan fingerprint density at radius 2 is 1.65 bits per heavy atom. The van der Waals surface area contributed by atoms with E-state index in [1.165, 1.54) is 24.3 Å². The first-order valence-corrected chi connectivity index (χ1v) is 17.9. The molecule has 6 rings (SSSR count). The van der Waals surface area contributed by atoms with Crippen LogP contribution in [0.25, 0.3) is 11.3 Å². The zero-order valence-electron chi connectivity index (χ0n) is 27.9. The summed E-state index contributed by atoms with van der Waals surface area (Å²) < 4.78 is 79.8. The van der Waals surface area contributed by atoms with Crippen LogP contribution in [-0.4, -0.2) is 79.1 Å². The minimum absolute atomic E-state index is 0.0204. The lowest BCUT2D eigenvalue weighted by atomic mass is 9.86. The van der Waals surface area contributed by atoms with Gasteiger partial charge in [0.15, 0.2) is 0 Å². The van der Waals surface area contributed by atoms with Gasteiger partial charge in [-0.15, -0.1) is 0 Å². The van der Waals surface area contributed by atoms with Crippen molar-refractivity contribution in [1.82, 2.24) is 19.8 Å². The van der Waals surface area contributed by atoms with E-state index in [1.54, 1.807) is 11.8 Å². The smallest absolute Gasteiger partial charge is 0.394 e. The Kier molecular flexibility index (Phi) is 8.99. The van der Waals surface area contributed by atoms with Crippen LogP contribution in [0.1, 0.15) is 72.0 Å². The Hall–Kier alpha value is -3.71. The van der Waals surface area contributed by atoms with Gasteiger partial charge in [0.2, 0.25) is 11.8 Å². The summed E-state index contributed by atoms with van der Waals surface area (Å²) in [6, 6.07) is 10.3. The molecule has 48 heavy (non-hydrogen) atoms. The average Bonchev–Trinajstić information content (AvgIpc) is 3.82. The van der Waals surface area contributed by atoms with Gasteiger partial charge in [0.1, 0.15) is 6.61 Å². The van der Waals surface area contributed by atoms with Crippen LogP contribution in [-0.2, 0) is 10.0 Å². The standard InChI is InChI=1S/C35H42F3N5O4S/c1-21-8-6-9-22(2)29(21)30-23(3)31-40-33(39-30)41-48(45,46)28-11-7-10-24(18-28)32(44)43(26-14-12-25(13-15-26)42(4)5)27(20-47-31)19-34(16-17-34)35(36,37)38/h6-11,18,25-27H,12-17,19-20H2,1-5H3,(H,39,40,41)/t25?,26?,27-/m1/s1. The van der Waals surface area contributed by atoms with Crippen molar-refractivity contribution in [2.75, 3.05) is 25.4 Å². The maximum absolute atomic E-state index is 14.5. The van der Waals surface area contributed by atoms with Crippen molar-refractivity contribution in [3.05, 3.63) is 64.7 Å². The maximum atomic E-state index is 14.5. The Labute approximate surface area is 280 Å². The maximum Gasteiger partial charge on any atom is 0.394 e. The average molecular weight is 686 g/mol. The van der Waals surface area contributed by atoms with Crippen molar-refractivity contribution < 1.29 is 31.1 Å². The molecule has 1 aliphatic heterocycles. The number of anilines is 1. The number of carbonyl (C=O) groups excluding carboxylic acids is 1. The first kappa shape index (κ1) is 34.2. The van der Waals surface area contributed by atoms with E-state index in [0.717, 1.165) is 29.5 Å². The highest BCUT2D eigenvalue weighted by Gasteiger charge is 2.64. The molecule has 2 fully saturated rings. The summed E-state index contributed by atoms with van der Waals surface area (Å²) in [6.45, 7) is 5.32. The third kappa shape index (κ3) is 6.50. The number of hydrogen-bond donors (Lipinski definition) is 1. The van der Waals surface area contributed by atoms with E-state index < -0.39 is 33.6 Å². The molecule has 258 valence electrons. The van der Waals surface area contributed by atoms with Gasteiger partial charge in [-0.05, 0) is 109 Å². The van der Waals surface area contributed by atoms with Gasteiger partial charge in [0.05, 0.1) is 22.0 Å². The number of sulfonamides is 1. The lowest BCUT2D eigenvalue weighted by molar-refractivity contribution is -0.193. The number of halogens is 3. The minimum atomic E-state index is -4.45. The highest BCUT2D eigenvalue weighted by atomic mass is 32.2. The fourth-order valence-corrected chi connectivity index (χ4v) is 8.33. The molecular weight excluding hydrogens is 643 g/mol.